The fraction of sp³-hybridized carbons (Fsp3) is 0.667. The lowest BCUT2D eigenvalue weighted by molar-refractivity contribution is 0.315. The van der Waals surface area contributed by atoms with E-state index in [9.17, 15) is 0 Å². The highest BCUT2D eigenvalue weighted by atomic mass is 79.9. The number of benzene rings is 1. The molecule has 1 N–H and O–H groups in total. The SMILES string of the molecule is CC(C)CNCC(Cc1ccccc1Br)C1CCCC1. The summed E-state index contributed by atoms with van der Waals surface area (Å²) in [7, 11) is 0. The van der Waals surface area contributed by atoms with Crippen LogP contribution in [0.3, 0.4) is 0 Å². The van der Waals surface area contributed by atoms with Gasteiger partial charge in [-0.25, -0.2) is 0 Å². The maximum atomic E-state index is 3.70. The second kappa shape index (κ2) is 8.19. The molecule has 0 bridgehead atoms. The fourth-order valence-electron chi connectivity index (χ4n) is 3.34. The lowest BCUT2D eigenvalue weighted by atomic mass is 9.85. The molecular weight excluding hydrogens is 310 g/mol. The first-order chi connectivity index (χ1) is 9.66. The molecule has 1 nitrogen and oxygen atoms in total. The minimum absolute atomic E-state index is 0.739. The topological polar surface area (TPSA) is 12.0 Å². The Labute approximate surface area is 132 Å². The van der Waals surface area contributed by atoms with Gasteiger partial charge in [0, 0.05) is 4.47 Å². The van der Waals surface area contributed by atoms with Crippen LogP contribution < -0.4 is 5.32 Å². The van der Waals surface area contributed by atoms with E-state index in [1.165, 1.54) is 48.7 Å². The van der Waals surface area contributed by atoms with E-state index in [0.717, 1.165) is 24.3 Å². The van der Waals surface area contributed by atoms with Crippen LogP contribution >= 0.6 is 15.9 Å². The van der Waals surface area contributed by atoms with Gasteiger partial charge in [-0.15, -0.1) is 0 Å². The Morgan fingerprint density at radius 3 is 2.50 bits per heavy atom. The average molecular weight is 338 g/mol. The summed E-state index contributed by atoms with van der Waals surface area (Å²) in [6.45, 7) is 6.88. The molecule has 1 aromatic rings. The summed E-state index contributed by atoms with van der Waals surface area (Å²) in [5, 5.41) is 3.69. The number of hydrogen-bond donors (Lipinski definition) is 1. The van der Waals surface area contributed by atoms with Gasteiger partial charge in [0.25, 0.3) is 0 Å². The number of halogens is 1. The molecule has 0 aromatic heterocycles. The molecule has 1 saturated carbocycles. The van der Waals surface area contributed by atoms with E-state index in [1.807, 2.05) is 0 Å². The molecule has 1 fully saturated rings. The van der Waals surface area contributed by atoms with Gasteiger partial charge >= 0.3 is 0 Å². The Bertz CT molecular complexity index is 396. The van der Waals surface area contributed by atoms with Crippen molar-refractivity contribution in [3.05, 3.63) is 34.3 Å². The zero-order valence-electron chi connectivity index (χ0n) is 12.9. The third-order valence-electron chi connectivity index (χ3n) is 4.47. The van der Waals surface area contributed by atoms with Crippen LogP contribution in [-0.2, 0) is 6.42 Å². The first kappa shape index (κ1) is 16.0. The van der Waals surface area contributed by atoms with Gasteiger partial charge in [-0.2, -0.15) is 0 Å². The van der Waals surface area contributed by atoms with Crippen LogP contribution in [0.5, 0.6) is 0 Å². The molecular formula is C18H28BrN. The lowest BCUT2D eigenvalue weighted by Crippen LogP contribution is -2.31. The molecule has 1 aliphatic carbocycles. The Balaban J connectivity index is 1.96. The van der Waals surface area contributed by atoms with Crippen LogP contribution in [0.25, 0.3) is 0 Å². The van der Waals surface area contributed by atoms with E-state index in [0.29, 0.717) is 0 Å². The van der Waals surface area contributed by atoms with Crippen LogP contribution in [0.2, 0.25) is 0 Å². The standard InChI is InChI=1S/C18H28BrN/c1-14(2)12-20-13-17(15-7-3-4-8-15)11-16-9-5-6-10-18(16)19/h5-6,9-10,14-15,17,20H,3-4,7-8,11-13H2,1-2H3. The minimum atomic E-state index is 0.739. The molecule has 0 heterocycles. The van der Waals surface area contributed by atoms with E-state index in [4.69, 9.17) is 0 Å². The van der Waals surface area contributed by atoms with Gasteiger partial charge in [-0.1, -0.05) is 73.7 Å². The van der Waals surface area contributed by atoms with Crippen molar-refractivity contribution in [2.24, 2.45) is 17.8 Å². The van der Waals surface area contributed by atoms with E-state index in [2.05, 4.69) is 59.4 Å². The van der Waals surface area contributed by atoms with Gasteiger partial charge in [-0.05, 0) is 48.9 Å². The molecule has 20 heavy (non-hydrogen) atoms. The second-order valence-corrected chi connectivity index (χ2v) is 7.51. The molecule has 2 heteroatoms. The Morgan fingerprint density at radius 1 is 1.15 bits per heavy atom. The predicted octanol–water partition coefficient (Wildman–Crippen LogP) is 5.04. The van der Waals surface area contributed by atoms with Crippen molar-refractivity contribution in [1.29, 1.82) is 0 Å². The predicted molar refractivity (Wildman–Crippen MR) is 91.0 cm³/mol. The zero-order valence-corrected chi connectivity index (χ0v) is 14.5. The molecule has 0 amide bonds. The van der Waals surface area contributed by atoms with Gasteiger partial charge in [0.15, 0.2) is 0 Å². The Kier molecular flexibility index (Phi) is 6.57. The largest absolute Gasteiger partial charge is 0.316 e. The average Bonchev–Trinajstić information content (AvgIpc) is 2.93. The molecule has 1 aromatic carbocycles. The first-order valence-corrected chi connectivity index (χ1v) is 8.90. The molecule has 1 atom stereocenters. The summed E-state index contributed by atoms with van der Waals surface area (Å²) >= 11 is 3.70. The highest BCUT2D eigenvalue weighted by Crippen LogP contribution is 2.34. The van der Waals surface area contributed by atoms with Gasteiger partial charge in [-0.3, -0.25) is 0 Å². The van der Waals surface area contributed by atoms with E-state index >= 15 is 0 Å². The number of rotatable bonds is 7. The summed E-state index contributed by atoms with van der Waals surface area (Å²) in [5.41, 5.74) is 1.47. The molecule has 1 unspecified atom stereocenters. The fourth-order valence-corrected chi connectivity index (χ4v) is 3.78. The van der Waals surface area contributed by atoms with Gasteiger partial charge in [0.2, 0.25) is 0 Å². The summed E-state index contributed by atoms with van der Waals surface area (Å²) in [4.78, 5) is 0. The van der Waals surface area contributed by atoms with Crippen molar-refractivity contribution in [1.82, 2.24) is 5.32 Å². The highest BCUT2D eigenvalue weighted by Gasteiger charge is 2.25. The van der Waals surface area contributed by atoms with Crippen LogP contribution in [-0.4, -0.2) is 13.1 Å². The van der Waals surface area contributed by atoms with Crippen LogP contribution in [0, 0.1) is 17.8 Å². The molecule has 0 saturated heterocycles. The molecule has 112 valence electrons. The summed E-state index contributed by atoms with van der Waals surface area (Å²) in [6, 6.07) is 8.71. The molecule has 1 aliphatic rings. The van der Waals surface area contributed by atoms with Crippen LogP contribution in [0.1, 0.15) is 45.1 Å². The van der Waals surface area contributed by atoms with E-state index < -0.39 is 0 Å². The van der Waals surface area contributed by atoms with Crippen LogP contribution in [0.4, 0.5) is 0 Å². The zero-order chi connectivity index (χ0) is 14.4. The van der Waals surface area contributed by atoms with Crippen molar-refractivity contribution in [3.63, 3.8) is 0 Å². The third-order valence-corrected chi connectivity index (χ3v) is 5.24. The molecule has 0 aliphatic heterocycles. The lowest BCUT2D eigenvalue weighted by Gasteiger charge is -2.25. The normalized spacial score (nSPS) is 17.8. The van der Waals surface area contributed by atoms with Gasteiger partial charge in [0.1, 0.15) is 0 Å². The van der Waals surface area contributed by atoms with E-state index in [-0.39, 0.29) is 0 Å². The number of hydrogen-bond acceptors (Lipinski definition) is 1. The van der Waals surface area contributed by atoms with Crippen molar-refractivity contribution >= 4 is 15.9 Å². The van der Waals surface area contributed by atoms with Crippen LogP contribution in [0.15, 0.2) is 28.7 Å². The maximum absolute atomic E-state index is 3.70. The van der Waals surface area contributed by atoms with Crippen molar-refractivity contribution in [2.45, 2.75) is 46.0 Å². The maximum Gasteiger partial charge on any atom is 0.0207 e. The third kappa shape index (κ3) is 4.89. The molecule has 2 rings (SSSR count). The van der Waals surface area contributed by atoms with Crippen molar-refractivity contribution in [3.8, 4) is 0 Å². The second-order valence-electron chi connectivity index (χ2n) is 6.65. The summed E-state index contributed by atoms with van der Waals surface area (Å²) < 4.78 is 1.27. The van der Waals surface area contributed by atoms with Gasteiger partial charge in [0.05, 0.1) is 0 Å². The summed E-state index contributed by atoms with van der Waals surface area (Å²) in [5.74, 6) is 2.44. The smallest absolute Gasteiger partial charge is 0.0207 e. The minimum Gasteiger partial charge on any atom is -0.316 e. The number of nitrogens with one attached hydrogen (secondary N) is 1. The molecule has 0 radical (unpaired) electrons. The molecule has 0 spiro atoms. The van der Waals surface area contributed by atoms with Crippen molar-refractivity contribution < 1.29 is 0 Å². The highest BCUT2D eigenvalue weighted by molar-refractivity contribution is 9.10. The van der Waals surface area contributed by atoms with E-state index in [1.54, 1.807) is 0 Å². The summed E-state index contributed by atoms with van der Waals surface area (Å²) in [6.07, 6.45) is 6.93. The first-order valence-electron chi connectivity index (χ1n) is 8.11. The Morgan fingerprint density at radius 2 is 1.85 bits per heavy atom. The quantitative estimate of drug-likeness (QED) is 0.734. The monoisotopic (exact) mass is 337 g/mol. The van der Waals surface area contributed by atoms with Gasteiger partial charge < -0.3 is 5.32 Å². The van der Waals surface area contributed by atoms with Crippen molar-refractivity contribution in [2.75, 3.05) is 13.1 Å². The Hall–Kier alpha value is -0.340.